The van der Waals surface area contributed by atoms with Gasteiger partial charge in [-0.2, -0.15) is 0 Å². The molecule has 1 heterocycles. The molecule has 0 radical (unpaired) electrons. The minimum Gasteiger partial charge on any atom is -0.382 e. The molecule has 0 aliphatic carbocycles. The number of aliphatic imine (C=N–C) groups is 1. The quantitative estimate of drug-likeness (QED) is 0.266. The second-order valence-corrected chi connectivity index (χ2v) is 6.09. The highest BCUT2D eigenvalue weighted by Gasteiger charge is 2.24. The molecule has 0 aromatic rings. The lowest BCUT2D eigenvalue weighted by Crippen LogP contribution is -2.40. The molecule has 1 atom stereocenters. The number of nitrogens with one attached hydrogen (secondary N) is 1. The number of nitrogens with zero attached hydrogens (tertiary/aromatic N) is 2. The van der Waals surface area contributed by atoms with E-state index >= 15 is 0 Å². The average Bonchev–Trinajstić information content (AvgIpc) is 2.91. The fourth-order valence-corrected chi connectivity index (χ4v) is 2.41. The standard InChI is InChI=1S/C16H33N3O2.HI/c1-5-17-16(18-8-6-14(2)3)19-9-7-15(12-19)13-21-11-10-20-4;/h14-15H,5-13H2,1-4H3,(H,17,18);1H. The van der Waals surface area contributed by atoms with Gasteiger partial charge in [0, 0.05) is 39.2 Å². The Balaban J connectivity index is 0.00000441. The minimum absolute atomic E-state index is 0. The van der Waals surface area contributed by atoms with E-state index in [1.165, 1.54) is 6.42 Å². The summed E-state index contributed by atoms with van der Waals surface area (Å²) >= 11 is 0. The number of hydrogen-bond acceptors (Lipinski definition) is 3. The van der Waals surface area contributed by atoms with Gasteiger partial charge in [-0.25, -0.2) is 0 Å². The van der Waals surface area contributed by atoms with Crippen LogP contribution in [-0.2, 0) is 9.47 Å². The zero-order valence-electron chi connectivity index (χ0n) is 14.6. The van der Waals surface area contributed by atoms with Crippen LogP contribution in [-0.4, -0.2) is 64.0 Å². The van der Waals surface area contributed by atoms with Crippen LogP contribution in [0.15, 0.2) is 4.99 Å². The predicted octanol–water partition coefficient (Wildman–Crippen LogP) is 2.60. The smallest absolute Gasteiger partial charge is 0.193 e. The van der Waals surface area contributed by atoms with Crippen LogP contribution >= 0.6 is 24.0 Å². The van der Waals surface area contributed by atoms with Crippen LogP contribution in [0.3, 0.4) is 0 Å². The Morgan fingerprint density at radius 1 is 1.36 bits per heavy atom. The summed E-state index contributed by atoms with van der Waals surface area (Å²) in [4.78, 5) is 7.12. The highest BCUT2D eigenvalue weighted by atomic mass is 127. The van der Waals surface area contributed by atoms with Gasteiger partial charge >= 0.3 is 0 Å². The van der Waals surface area contributed by atoms with Crippen molar-refractivity contribution in [3.63, 3.8) is 0 Å². The van der Waals surface area contributed by atoms with E-state index in [4.69, 9.17) is 14.5 Å². The summed E-state index contributed by atoms with van der Waals surface area (Å²) in [5.41, 5.74) is 0. The molecule has 0 amide bonds. The molecule has 1 saturated heterocycles. The van der Waals surface area contributed by atoms with Crippen molar-refractivity contribution in [3.05, 3.63) is 0 Å². The minimum atomic E-state index is 0. The van der Waals surface area contributed by atoms with Gasteiger partial charge in [-0.1, -0.05) is 13.8 Å². The van der Waals surface area contributed by atoms with Gasteiger partial charge in [-0.05, 0) is 25.7 Å². The summed E-state index contributed by atoms with van der Waals surface area (Å²) in [5.74, 6) is 2.38. The van der Waals surface area contributed by atoms with Crippen LogP contribution in [0.4, 0.5) is 0 Å². The SMILES string of the molecule is CCNC(=NCCC(C)C)N1CCC(COCCOC)C1.I. The normalized spacial score (nSPS) is 18.7. The Kier molecular flexibility index (Phi) is 13.3. The van der Waals surface area contributed by atoms with E-state index in [9.17, 15) is 0 Å². The third kappa shape index (κ3) is 9.15. The first-order valence-corrected chi connectivity index (χ1v) is 8.27. The highest BCUT2D eigenvalue weighted by molar-refractivity contribution is 14.0. The number of methoxy groups -OCH3 is 1. The van der Waals surface area contributed by atoms with Crippen molar-refractivity contribution < 1.29 is 9.47 Å². The van der Waals surface area contributed by atoms with Gasteiger partial charge in [0.2, 0.25) is 0 Å². The summed E-state index contributed by atoms with van der Waals surface area (Å²) in [5, 5.41) is 3.41. The van der Waals surface area contributed by atoms with E-state index in [1.807, 2.05) is 0 Å². The second-order valence-electron chi connectivity index (χ2n) is 6.09. The monoisotopic (exact) mass is 427 g/mol. The largest absolute Gasteiger partial charge is 0.382 e. The summed E-state index contributed by atoms with van der Waals surface area (Å²) in [6.07, 6.45) is 2.33. The summed E-state index contributed by atoms with van der Waals surface area (Å²) in [6, 6.07) is 0. The van der Waals surface area contributed by atoms with Crippen LogP contribution in [0, 0.1) is 11.8 Å². The molecule has 1 aliphatic rings. The third-order valence-corrected chi connectivity index (χ3v) is 3.67. The Bertz CT molecular complexity index is 301. The Morgan fingerprint density at radius 3 is 2.77 bits per heavy atom. The fraction of sp³-hybridized carbons (Fsp3) is 0.938. The van der Waals surface area contributed by atoms with Gasteiger partial charge < -0.3 is 19.7 Å². The van der Waals surface area contributed by atoms with Crippen molar-refractivity contribution in [3.8, 4) is 0 Å². The van der Waals surface area contributed by atoms with Gasteiger partial charge in [0.05, 0.1) is 19.8 Å². The van der Waals surface area contributed by atoms with Crippen LogP contribution in [0.1, 0.15) is 33.6 Å². The predicted molar refractivity (Wildman–Crippen MR) is 103 cm³/mol. The maximum Gasteiger partial charge on any atom is 0.193 e. The van der Waals surface area contributed by atoms with E-state index in [0.717, 1.165) is 45.2 Å². The van der Waals surface area contributed by atoms with Gasteiger partial charge in [0.15, 0.2) is 5.96 Å². The maximum absolute atomic E-state index is 5.65. The molecule has 1 aliphatic heterocycles. The van der Waals surface area contributed by atoms with Crippen molar-refractivity contribution in [2.75, 3.05) is 53.1 Å². The summed E-state index contributed by atoms with van der Waals surface area (Å²) < 4.78 is 10.6. The molecule has 1 unspecified atom stereocenters. The zero-order valence-corrected chi connectivity index (χ0v) is 17.0. The Morgan fingerprint density at radius 2 is 2.14 bits per heavy atom. The van der Waals surface area contributed by atoms with Crippen molar-refractivity contribution in [1.82, 2.24) is 10.2 Å². The number of hydrogen-bond donors (Lipinski definition) is 1. The van der Waals surface area contributed by atoms with E-state index in [2.05, 4.69) is 31.0 Å². The summed E-state index contributed by atoms with van der Waals surface area (Å²) in [6.45, 7) is 12.7. The topological polar surface area (TPSA) is 46.1 Å². The lowest BCUT2D eigenvalue weighted by molar-refractivity contribution is 0.0536. The van der Waals surface area contributed by atoms with Crippen molar-refractivity contribution in [2.45, 2.75) is 33.6 Å². The molecule has 1 fully saturated rings. The van der Waals surface area contributed by atoms with Gasteiger partial charge in [0.1, 0.15) is 0 Å². The number of halogens is 1. The molecule has 1 rings (SSSR count). The third-order valence-electron chi connectivity index (χ3n) is 3.67. The molecule has 0 spiro atoms. The number of rotatable bonds is 9. The van der Waals surface area contributed by atoms with E-state index < -0.39 is 0 Å². The Labute approximate surface area is 153 Å². The van der Waals surface area contributed by atoms with E-state index in [-0.39, 0.29) is 24.0 Å². The maximum atomic E-state index is 5.65. The number of likely N-dealkylation sites (tertiary alicyclic amines) is 1. The molecule has 0 aromatic heterocycles. The molecular weight excluding hydrogens is 393 g/mol. The summed E-state index contributed by atoms with van der Waals surface area (Å²) in [7, 11) is 1.71. The molecule has 6 heteroatoms. The Hall–Kier alpha value is -0.0800. The lowest BCUT2D eigenvalue weighted by Gasteiger charge is -2.22. The molecule has 0 saturated carbocycles. The zero-order chi connectivity index (χ0) is 15.5. The van der Waals surface area contributed by atoms with Crippen molar-refractivity contribution in [2.24, 2.45) is 16.8 Å². The molecule has 1 N–H and O–H groups in total. The first kappa shape index (κ1) is 21.9. The number of ether oxygens (including phenoxy) is 2. The van der Waals surface area contributed by atoms with Gasteiger partial charge in [-0.15, -0.1) is 24.0 Å². The van der Waals surface area contributed by atoms with E-state index in [0.29, 0.717) is 25.0 Å². The molecule has 132 valence electrons. The van der Waals surface area contributed by atoms with Crippen LogP contribution in [0.5, 0.6) is 0 Å². The molecule has 5 nitrogen and oxygen atoms in total. The first-order valence-electron chi connectivity index (χ1n) is 8.27. The molecular formula is C16H34IN3O2. The van der Waals surface area contributed by atoms with Gasteiger partial charge in [0.25, 0.3) is 0 Å². The van der Waals surface area contributed by atoms with Crippen LogP contribution in [0.25, 0.3) is 0 Å². The van der Waals surface area contributed by atoms with Gasteiger partial charge in [-0.3, -0.25) is 4.99 Å². The highest BCUT2D eigenvalue weighted by Crippen LogP contribution is 2.16. The lowest BCUT2D eigenvalue weighted by atomic mass is 10.1. The number of guanidine groups is 1. The second kappa shape index (κ2) is 13.4. The molecule has 0 bridgehead atoms. The molecule has 0 aromatic carbocycles. The fourth-order valence-electron chi connectivity index (χ4n) is 2.41. The molecule has 22 heavy (non-hydrogen) atoms. The van der Waals surface area contributed by atoms with Crippen LogP contribution < -0.4 is 5.32 Å². The van der Waals surface area contributed by atoms with Crippen LogP contribution in [0.2, 0.25) is 0 Å². The van der Waals surface area contributed by atoms with Crippen molar-refractivity contribution in [1.29, 1.82) is 0 Å². The van der Waals surface area contributed by atoms with Crippen molar-refractivity contribution >= 4 is 29.9 Å². The first-order chi connectivity index (χ1) is 10.2. The average molecular weight is 427 g/mol. The van der Waals surface area contributed by atoms with E-state index in [1.54, 1.807) is 7.11 Å².